The van der Waals surface area contributed by atoms with Crippen LogP contribution >= 0.6 is 0 Å². The first-order valence-electron chi connectivity index (χ1n) is 5.79. The molecule has 6 heteroatoms. The average molecular weight is 245 g/mol. The van der Waals surface area contributed by atoms with E-state index in [1.54, 1.807) is 14.2 Å². The molecule has 0 heterocycles. The molecule has 6 nitrogen and oxygen atoms in total. The number of carbonyl (C=O) groups is 2. The summed E-state index contributed by atoms with van der Waals surface area (Å²) in [6.45, 7) is 3.02. The van der Waals surface area contributed by atoms with Gasteiger partial charge in [-0.1, -0.05) is 0 Å². The highest BCUT2D eigenvalue weighted by Gasteiger charge is 2.19. The Morgan fingerprint density at radius 2 is 2.12 bits per heavy atom. The Morgan fingerprint density at radius 3 is 2.65 bits per heavy atom. The van der Waals surface area contributed by atoms with Gasteiger partial charge in [0.1, 0.15) is 0 Å². The number of nitrogens with zero attached hydrogens (tertiary/aromatic N) is 1. The molecule has 0 aromatic heterocycles. The lowest BCUT2D eigenvalue weighted by Crippen LogP contribution is -2.46. The molecule has 0 bridgehead atoms. The van der Waals surface area contributed by atoms with E-state index in [2.05, 4.69) is 5.32 Å². The molecule has 17 heavy (non-hydrogen) atoms. The van der Waals surface area contributed by atoms with Gasteiger partial charge >= 0.3 is 0 Å². The highest BCUT2D eigenvalue weighted by atomic mass is 16.5. The second kappa shape index (κ2) is 8.95. The summed E-state index contributed by atoms with van der Waals surface area (Å²) in [6.07, 6.45) is 1.30. The lowest BCUT2D eigenvalue weighted by atomic mass is 10.1. The molecule has 0 aliphatic heterocycles. The van der Waals surface area contributed by atoms with E-state index in [-0.39, 0.29) is 18.4 Å². The first-order chi connectivity index (χ1) is 8.02. The van der Waals surface area contributed by atoms with Crippen molar-refractivity contribution in [1.29, 1.82) is 0 Å². The monoisotopic (exact) mass is 245 g/mol. The summed E-state index contributed by atoms with van der Waals surface area (Å²) in [5, 5.41) is 2.63. The quantitative estimate of drug-likeness (QED) is 0.556. The largest absolute Gasteiger partial charge is 0.385 e. The van der Waals surface area contributed by atoms with Crippen LogP contribution in [0.3, 0.4) is 0 Å². The zero-order valence-corrected chi connectivity index (χ0v) is 10.9. The summed E-state index contributed by atoms with van der Waals surface area (Å²) in [4.78, 5) is 24.4. The molecule has 0 rings (SSSR count). The fraction of sp³-hybridized carbons (Fsp3) is 0.818. The third-order valence-corrected chi connectivity index (χ3v) is 2.31. The molecule has 0 radical (unpaired) electrons. The van der Waals surface area contributed by atoms with Crippen LogP contribution < -0.4 is 11.1 Å². The van der Waals surface area contributed by atoms with Gasteiger partial charge in [0, 0.05) is 27.3 Å². The normalized spacial score (nSPS) is 12.0. The van der Waals surface area contributed by atoms with E-state index in [0.717, 1.165) is 6.42 Å². The van der Waals surface area contributed by atoms with Crippen LogP contribution in [0, 0.1) is 0 Å². The smallest absolute Gasteiger partial charge is 0.239 e. The molecule has 3 N–H and O–H groups in total. The summed E-state index contributed by atoms with van der Waals surface area (Å²) in [7, 11) is 3.18. The topological polar surface area (TPSA) is 84.7 Å². The Morgan fingerprint density at radius 1 is 1.47 bits per heavy atom. The fourth-order valence-corrected chi connectivity index (χ4v) is 1.40. The minimum absolute atomic E-state index is 0.0463. The van der Waals surface area contributed by atoms with Crippen molar-refractivity contribution in [3.8, 4) is 0 Å². The number of rotatable bonds is 8. The van der Waals surface area contributed by atoms with Gasteiger partial charge in [-0.05, 0) is 19.8 Å². The van der Waals surface area contributed by atoms with Crippen molar-refractivity contribution in [3.05, 3.63) is 0 Å². The van der Waals surface area contributed by atoms with Crippen molar-refractivity contribution in [2.45, 2.75) is 25.8 Å². The Hall–Kier alpha value is -1.14. The van der Waals surface area contributed by atoms with Crippen LogP contribution in [0.5, 0.6) is 0 Å². The predicted molar refractivity (Wildman–Crippen MR) is 65.4 cm³/mol. The standard InChI is InChI=1S/C11H23N3O3/c1-4-13-10(15)8-14(2)11(16)9(12)6-5-7-17-3/h9H,4-8,12H2,1-3H3,(H,13,15). The molecule has 0 fully saturated rings. The summed E-state index contributed by atoms with van der Waals surface area (Å²) in [5.41, 5.74) is 5.73. The number of ether oxygens (including phenoxy) is 1. The molecule has 0 saturated heterocycles. The average Bonchev–Trinajstić information content (AvgIpc) is 2.28. The maximum absolute atomic E-state index is 11.8. The molecule has 100 valence electrons. The number of carbonyl (C=O) groups excluding carboxylic acids is 2. The Kier molecular flexibility index (Phi) is 8.35. The lowest BCUT2D eigenvalue weighted by Gasteiger charge is -2.20. The SMILES string of the molecule is CCNC(=O)CN(C)C(=O)C(N)CCCOC. The molecular weight excluding hydrogens is 222 g/mol. The number of hydrogen-bond acceptors (Lipinski definition) is 4. The van der Waals surface area contributed by atoms with Crippen molar-refractivity contribution in [2.24, 2.45) is 5.73 Å². The van der Waals surface area contributed by atoms with E-state index in [9.17, 15) is 9.59 Å². The van der Waals surface area contributed by atoms with E-state index in [1.165, 1.54) is 4.90 Å². The summed E-state index contributed by atoms with van der Waals surface area (Å²) in [6, 6.07) is -0.565. The molecule has 2 amide bonds. The number of hydrogen-bond donors (Lipinski definition) is 2. The van der Waals surface area contributed by atoms with Crippen molar-refractivity contribution < 1.29 is 14.3 Å². The molecular formula is C11H23N3O3. The molecule has 1 unspecified atom stereocenters. The third-order valence-electron chi connectivity index (χ3n) is 2.31. The van der Waals surface area contributed by atoms with E-state index >= 15 is 0 Å². The lowest BCUT2D eigenvalue weighted by molar-refractivity contribution is -0.135. The van der Waals surface area contributed by atoms with Crippen molar-refractivity contribution in [3.63, 3.8) is 0 Å². The molecule has 0 spiro atoms. The van der Waals surface area contributed by atoms with E-state index in [0.29, 0.717) is 19.6 Å². The maximum Gasteiger partial charge on any atom is 0.239 e. The van der Waals surface area contributed by atoms with Gasteiger partial charge in [-0.25, -0.2) is 0 Å². The van der Waals surface area contributed by atoms with Crippen LogP contribution in [0.4, 0.5) is 0 Å². The van der Waals surface area contributed by atoms with E-state index in [1.807, 2.05) is 6.92 Å². The van der Waals surface area contributed by atoms with Crippen molar-refractivity contribution in [1.82, 2.24) is 10.2 Å². The Bertz CT molecular complexity index is 246. The van der Waals surface area contributed by atoms with Gasteiger partial charge in [-0.15, -0.1) is 0 Å². The molecule has 0 saturated carbocycles. The van der Waals surface area contributed by atoms with Crippen molar-refractivity contribution in [2.75, 3.05) is 33.9 Å². The number of nitrogens with one attached hydrogen (secondary N) is 1. The second-order valence-electron chi connectivity index (χ2n) is 3.89. The summed E-state index contributed by atoms with van der Waals surface area (Å²) < 4.78 is 4.88. The van der Waals surface area contributed by atoms with Crippen LogP contribution in [0.2, 0.25) is 0 Å². The third kappa shape index (κ3) is 6.91. The van der Waals surface area contributed by atoms with Crippen LogP contribution in [0.15, 0.2) is 0 Å². The molecule has 1 atom stereocenters. The van der Waals surface area contributed by atoms with Crippen LogP contribution in [0.1, 0.15) is 19.8 Å². The van der Waals surface area contributed by atoms with E-state index < -0.39 is 6.04 Å². The van der Waals surface area contributed by atoms with Crippen molar-refractivity contribution >= 4 is 11.8 Å². The predicted octanol–water partition coefficient (Wildman–Crippen LogP) is -0.665. The molecule has 0 aromatic rings. The number of likely N-dealkylation sites (N-methyl/N-ethyl adjacent to an activating group) is 2. The summed E-state index contributed by atoms with van der Waals surface area (Å²) >= 11 is 0. The molecule has 0 aromatic carbocycles. The fourth-order valence-electron chi connectivity index (χ4n) is 1.40. The van der Waals surface area contributed by atoms with Gasteiger partial charge in [0.05, 0.1) is 12.6 Å². The number of methoxy groups -OCH3 is 1. The zero-order valence-electron chi connectivity index (χ0n) is 10.9. The summed E-state index contributed by atoms with van der Waals surface area (Å²) in [5.74, 6) is -0.389. The highest BCUT2D eigenvalue weighted by molar-refractivity contribution is 5.87. The highest BCUT2D eigenvalue weighted by Crippen LogP contribution is 1.99. The Labute approximate surface area is 102 Å². The molecule has 0 aliphatic carbocycles. The first kappa shape index (κ1) is 15.9. The van der Waals surface area contributed by atoms with Gasteiger partial charge < -0.3 is 20.7 Å². The van der Waals surface area contributed by atoms with E-state index in [4.69, 9.17) is 10.5 Å². The van der Waals surface area contributed by atoms with Gasteiger partial charge in [0.15, 0.2) is 0 Å². The number of nitrogens with two attached hydrogens (primary N) is 1. The van der Waals surface area contributed by atoms with Gasteiger partial charge in [0.25, 0.3) is 0 Å². The van der Waals surface area contributed by atoms with Gasteiger partial charge in [0.2, 0.25) is 11.8 Å². The first-order valence-corrected chi connectivity index (χ1v) is 5.79. The van der Waals surface area contributed by atoms with Gasteiger partial charge in [-0.2, -0.15) is 0 Å². The van der Waals surface area contributed by atoms with Gasteiger partial charge in [-0.3, -0.25) is 9.59 Å². The Balaban J connectivity index is 3.97. The van der Waals surface area contributed by atoms with Crippen LogP contribution in [-0.4, -0.2) is 56.6 Å². The van der Waals surface area contributed by atoms with Crippen LogP contribution in [0.25, 0.3) is 0 Å². The second-order valence-corrected chi connectivity index (χ2v) is 3.89. The van der Waals surface area contributed by atoms with Crippen LogP contribution in [-0.2, 0) is 14.3 Å². The minimum Gasteiger partial charge on any atom is -0.385 e. The maximum atomic E-state index is 11.8. The molecule has 0 aliphatic rings. The zero-order chi connectivity index (χ0) is 13.3. The minimum atomic E-state index is -0.565. The number of amides is 2.